The second-order valence-electron chi connectivity index (χ2n) is 5.45. The number of hydrogen-bond donors (Lipinski definition) is 2. The van der Waals surface area contributed by atoms with Crippen LogP contribution in [0.25, 0.3) is 0 Å². The molecule has 2 aromatic rings. The maximum atomic E-state index is 12.1. The molecule has 6 heteroatoms. The first-order valence-electron chi connectivity index (χ1n) is 7.69. The summed E-state index contributed by atoms with van der Waals surface area (Å²) in [4.78, 5) is 20.2. The number of rotatable bonds is 7. The molecule has 0 unspecified atom stereocenters. The zero-order valence-electron chi connectivity index (χ0n) is 13.7. The molecule has 0 spiro atoms. The number of carbonyl (C=O) groups is 1. The van der Waals surface area contributed by atoms with Gasteiger partial charge in [0.25, 0.3) is 5.91 Å². The molecule has 1 aromatic carbocycles. The molecular formula is C17H22N4O2. The topological polar surface area (TPSA) is 76.1 Å². The second kappa shape index (κ2) is 8.12. The van der Waals surface area contributed by atoms with Gasteiger partial charge in [0, 0.05) is 12.6 Å². The Balaban J connectivity index is 2.13. The van der Waals surface area contributed by atoms with Crippen LogP contribution in [0.2, 0.25) is 0 Å². The monoisotopic (exact) mass is 314 g/mol. The van der Waals surface area contributed by atoms with Crippen molar-refractivity contribution in [2.24, 2.45) is 5.92 Å². The third-order valence-corrected chi connectivity index (χ3v) is 3.02. The van der Waals surface area contributed by atoms with Crippen LogP contribution in [0, 0.1) is 5.92 Å². The van der Waals surface area contributed by atoms with Crippen LogP contribution in [0.5, 0.6) is 5.75 Å². The van der Waals surface area contributed by atoms with Crippen molar-refractivity contribution in [3.63, 3.8) is 0 Å². The van der Waals surface area contributed by atoms with Crippen LogP contribution in [0.4, 0.5) is 11.5 Å². The van der Waals surface area contributed by atoms with Crippen molar-refractivity contribution in [3.8, 4) is 5.75 Å². The van der Waals surface area contributed by atoms with Gasteiger partial charge in [-0.1, -0.05) is 26.0 Å². The molecule has 1 amide bonds. The van der Waals surface area contributed by atoms with Crippen molar-refractivity contribution in [3.05, 3.63) is 42.4 Å². The Labute approximate surface area is 136 Å². The molecular weight excluding hydrogens is 292 g/mol. The van der Waals surface area contributed by atoms with Gasteiger partial charge in [-0.3, -0.25) is 4.79 Å². The van der Waals surface area contributed by atoms with Gasteiger partial charge in [-0.15, -0.1) is 0 Å². The van der Waals surface area contributed by atoms with E-state index in [0.29, 0.717) is 30.6 Å². The summed E-state index contributed by atoms with van der Waals surface area (Å²) in [5.41, 5.74) is 1.12. The molecule has 0 saturated carbocycles. The summed E-state index contributed by atoms with van der Waals surface area (Å²) in [6.45, 7) is 7.19. The summed E-state index contributed by atoms with van der Waals surface area (Å²) in [7, 11) is 0. The third kappa shape index (κ3) is 4.95. The number of nitrogens with zero attached hydrogens (tertiary/aromatic N) is 2. The van der Waals surface area contributed by atoms with Gasteiger partial charge in [0.1, 0.15) is 23.6 Å². The van der Waals surface area contributed by atoms with Gasteiger partial charge in [0.2, 0.25) is 0 Å². The average molecular weight is 314 g/mol. The Bertz CT molecular complexity index is 659. The average Bonchev–Trinajstić information content (AvgIpc) is 2.55. The van der Waals surface area contributed by atoms with Gasteiger partial charge in [-0.2, -0.15) is 0 Å². The maximum Gasteiger partial charge on any atom is 0.270 e. The van der Waals surface area contributed by atoms with Crippen molar-refractivity contribution in [1.29, 1.82) is 0 Å². The second-order valence-corrected chi connectivity index (χ2v) is 5.45. The Kier molecular flexibility index (Phi) is 5.91. The van der Waals surface area contributed by atoms with E-state index in [1.165, 1.54) is 6.33 Å². The van der Waals surface area contributed by atoms with Gasteiger partial charge in [-0.25, -0.2) is 9.97 Å². The van der Waals surface area contributed by atoms with E-state index in [0.717, 1.165) is 11.4 Å². The van der Waals surface area contributed by atoms with Crippen LogP contribution in [-0.2, 0) is 0 Å². The summed E-state index contributed by atoms with van der Waals surface area (Å²) >= 11 is 0. The lowest BCUT2D eigenvalue weighted by Crippen LogP contribution is -2.28. The van der Waals surface area contributed by atoms with E-state index in [9.17, 15) is 4.79 Å². The van der Waals surface area contributed by atoms with E-state index in [1.54, 1.807) is 6.07 Å². The van der Waals surface area contributed by atoms with Crippen LogP contribution < -0.4 is 15.4 Å². The predicted molar refractivity (Wildman–Crippen MR) is 90.1 cm³/mol. The fourth-order valence-electron chi connectivity index (χ4n) is 1.93. The lowest BCUT2D eigenvalue weighted by molar-refractivity contribution is 0.0944. The van der Waals surface area contributed by atoms with Gasteiger partial charge in [0.15, 0.2) is 0 Å². The van der Waals surface area contributed by atoms with Crippen LogP contribution in [0.1, 0.15) is 31.3 Å². The normalized spacial score (nSPS) is 10.4. The molecule has 6 nitrogen and oxygen atoms in total. The highest BCUT2D eigenvalue weighted by Gasteiger charge is 2.10. The van der Waals surface area contributed by atoms with E-state index < -0.39 is 0 Å². The molecule has 0 radical (unpaired) electrons. The molecule has 0 aliphatic carbocycles. The van der Waals surface area contributed by atoms with Gasteiger partial charge in [0.05, 0.1) is 12.3 Å². The number of ether oxygens (including phenoxy) is 1. The number of anilines is 2. The Morgan fingerprint density at radius 2 is 2.04 bits per heavy atom. The number of hydrogen-bond acceptors (Lipinski definition) is 5. The summed E-state index contributed by atoms with van der Waals surface area (Å²) in [6, 6.07) is 9.20. The number of benzene rings is 1. The minimum absolute atomic E-state index is 0.206. The van der Waals surface area contributed by atoms with Gasteiger partial charge >= 0.3 is 0 Å². The molecule has 122 valence electrons. The molecule has 0 bridgehead atoms. The number of para-hydroxylation sites is 2. The van der Waals surface area contributed by atoms with E-state index in [1.807, 2.05) is 45.0 Å². The fraction of sp³-hybridized carbons (Fsp3) is 0.353. The van der Waals surface area contributed by atoms with E-state index in [2.05, 4.69) is 20.6 Å². The Morgan fingerprint density at radius 1 is 1.26 bits per heavy atom. The van der Waals surface area contributed by atoms with Gasteiger partial charge < -0.3 is 15.4 Å². The predicted octanol–water partition coefficient (Wildman–Crippen LogP) is 3.00. The fourth-order valence-corrected chi connectivity index (χ4v) is 1.93. The highest BCUT2D eigenvalue weighted by Crippen LogP contribution is 2.26. The molecule has 0 saturated heterocycles. The molecule has 0 aliphatic rings. The smallest absolute Gasteiger partial charge is 0.270 e. The maximum absolute atomic E-state index is 12.1. The lowest BCUT2D eigenvalue weighted by atomic mass is 10.2. The van der Waals surface area contributed by atoms with Gasteiger partial charge in [-0.05, 0) is 25.0 Å². The molecule has 2 rings (SSSR count). The zero-order valence-corrected chi connectivity index (χ0v) is 13.7. The highest BCUT2D eigenvalue weighted by atomic mass is 16.5. The van der Waals surface area contributed by atoms with Crippen molar-refractivity contribution in [1.82, 2.24) is 15.3 Å². The van der Waals surface area contributed by atoms with Crippen LogP contribution in [0.3, 0.4) is 0 Å². The van der Waals surface area contributed by atoms with Crippen molar-refractivity contribution in [2.75, 3.05) is 18.5 Å². The first-order valence-corrected chi connectivity index (χ1v) is 7.69. The number of nitrogens with one attached hydrogen (secondary N) is 2. The minimum atomic E-state index is -0.206. The van der Waals surface area contributed by atoms with Crippen molar-refractivity contribution < 1.29 is 9.53 Å². The first kappa shape index (κ1) is 16.7. The number of carbonyl (C=O) groups excluding carboxylic acids is 1. The van der Waals surface area contributed by atoms with Crippen LogP contribution in [-0.4, -0.2) is 29.0 Å². The van der Waals surface area contributed by atoms with E-state index in [-0.39, 0.29) is 5.91 Å². The largest absolute Gasteiger partial charge is 0.492 e. The molecule has 0 atom stereocenters. The van der Waals surface area contributed by atoms with E-state index in [4.69, 9.17) is 4.74 Å². The van der Waals surface area contributed by atoms with Crippen molar-refractivity contribution >= 4 is 17.4 Å². The number of amides is 1. The Hall–Kier alpha value is -2.63. The summed E-state index contributed by atoms with van der Waals surface area (Å²) in [6.07, 6.45) is 1.37. The van der Waals surface area contributed by atoms with Crippen molar-refractivity contribution in [2.45, 2.75) is 20.8 Å². The molecule has 23 heavy (non-hydrogen) atoms. The summed E-state index contributed by atoms with van der Waals surface area (Å²) in [5, 5.41) is 6.00. The SMILES string of the molecule is CCOc1ccccc1Nc1cc(C(=O)NCC(C)C)ncn1. The lowest BCUT2D eigenvalue weighted by Gasteiger charge is -2.12. The van der Waals surface area contributed by atoms with E-state index >= 15 is 0 Å². The van der Waals surface area contributed by atoms with Crippen LogP contribution in [0.15, 0.2) is 36.7 Å². The molecule has 0 aliphatic heterocycles. The molecule has 1 heterocycles. The first-order chi connectivity index (χ1) is 11.1. The minimum Gasteiger partial charge on any atom is -0.492 e. The Morgan fingerprint density at radius 3 is 2.78 bits per heavy atom. The third-order valence-electron chi connectivity index (χ3n) is 3.02. The summed E-state index contributed by atoms with van der Waals surface area (Å²) < 4.78 is 5.57. The zero-order chi connectivity index (χ0) is 16.7. The van der Waals surface area contributed by atoms with Crippen LogP contribution >= 0.6 is 0 Å². The molecule has 1 aromatic heterocycles. The number of aromatic nitrogens is 2. The molecule has 2 N–H and O–H groups in total. The standard InChI is InChI=1S/C17H22N4O2/c1-4-23-15-8-6-5-7-13(15)21-16-9-14(19-11-20-16)17(22)18-10-12(2)3/h5-9,11-12H,4,10H2,1-3H3,(H,18,22)(H,19,20,21). The highest BCUT2D eigenvalue weighted by molar-refractivity contribution is 5.93. The summed E-state index contributed by atoms with van der Waals surface area (Å²) in [5.74, 6) is 1.46. The molecule has 0 fully saturated rings. The quantitative estimate of drug-likeness (QED) is 0.821.